The SMILES string of the molecule is CC1(C)CN(C(=O)c2ccc(-n3cnnn3)cc2O)CC1c1ccccc1. The zero-order valence-electron chi connectivity index (χ0n) is 15.3. The number of amides is 1. The third-order valence-corrected chi connectivity index (χ3v) is 5.26. The Morgan fingerprint density at radius 1 is 1.19 bits per heavy atom. The Morgan fingerprint density at radius 3 is 2.63 bits per heavy atom. The summed E-state index contributed by atoms with van der Waals surface area (Å²) in [5.74, 6) is 0.0153. The van der Waals surface area contributed by atoms with Crippen molar-refractivity contribution >= 4 is 5.91 Å². The quantitative estimate of drug-likeness (QED) is 0.773. The molecular formula is C20H21N5O2. The van der Waals surface area contributed by atoms with Crippen LogP contribution in [0.15, 0.2) is 54.9 Å². The number of rotatable bonds is 3. The summed E-state index contributed by atoms with van der Waals surface area (Å²) < 4.78 is 1.43. The number of aromatic nitrogens is 4. The standard InChI is InChI=1S/C20H21N5O2/c1-20(2)12-24(11-17(20)14-6-4-3-5-7-14)19(27)16-9-8-15(10-18(16)26)25-13-21-22-23-25/h3-10,13,17,26H,11-12H2,1-2H3. The highest BCUT2D eigenvalue weighted by Crippen LogP contribution is 2.43. The van der Waals surface area contributed by atoms with Gasteiger partial charge < -0.3 is 10.0 Å². The first-order chi connectivity index (χ1) is 13.0. The molecule has 0 spiro atoms. The van der Waals surface area contributed by atoms with E-state index in [1.54, 1.807) is 12.1 Å². The molecule has 7 heteroatoms. The van der Waals surface area contributed by atoms with Crippen LogP contribution in [0.1, 0.15) is 35.7 Å². The summed E-state index contributed by atoms with van der Waals surface area (Å²) in [5.41, 5.74) is 2.07. The number of phenols is 1. The zero-order valence-corrected chi connectivity index (χ0v) is 15.3. The second-order valence-electron chi connectivity index (χ2n) is 7.59. The minimum Gasteiger partial charge on any atom is -0.507 e. The highest BCUT2D eigenvalue weighted by Gasteiger charge is 2.42. The minimum atomic E-state index is -0.165. The molecule has 3 aromatic rings. The first-order valence-corrected chi connectivity index (χ1v) is 8.86. The number of aromatic hydroxyl groups is 1. The molecule has 0 bridgehead atoms. The average Bonchev–Trinajstić information content (AvgIpc) is 3.29. The van der Waals surface area contributed by atoms with Gasteiger partial charge in [0.1, 0.15) is 12.1 Å². The van der Waals surface area contributed by atoms with E-state index in [4.69, 9.17) is 0 Å². The maximum atomic E-state index is 13.0. The Morgan fingerprint density at radius 2 is 1.96 bits per heavy atom. The van der Waals surface area contributed by atoms with Gasteiger partial charge in [-0.15, -0.1) is 5.10 Å². The smallest absolute Gasteiger partial charge is 0.257 e. The lowest BCUT2D eigenvalue weighted by Gasteiger charge is -2.25. The predicted octanol–water partition coefficient (Wildman–Crippen LogP) is 2.63. The molecule has 1 N–H and O–H groups in total. The Labute approximate surface area is 157 Å². The van der Waals surface area contributed by atoms with Gasteiger partial charge in [0.2, 0.25) is 0 Å². The highest BCUT2D eigenvalue weighted by molar-refractivity contribution is 5.97. The monoisotopic (exact) mass is 363 g/mol. The molecule has 7 nitrogen and oxygen atoms in total. The van der Waals surface area contributed by atoms with Crippen LogP contribution in [0.25, 0.3) is 5.69 Å². The third-order valence-electron chi connectivity index (χ3n) is 5.26. The van der Waals surface area contributed by atoms with Crippen LogP contribution in [0.2, 0.25) is 0 Å². The molecule has 1 unspecified atom stereocenters. The van der Waals surface area contributed by atoms with E-state index in [0.717, 1.165) is 0 Å². The van der Waals surface area contributed by atoms with Crippen LogP contribution in [0.4, 0.5) is 0 Å². The van der Waals surface area contributed by atoms with E-state index in [2.05, 4.69) is 41.5 Å². The van der Waals surface area contributed by atoms with Crippen LogP contribution >= 0.6 is 0 Å². The lowest BCUT2D eigenvalue weighted by molar-refractivity contribution is 0.0775. The van der Waals surface area contributed by atoms with Gasteiger partial charge in [0, 0.05) is 25.1 Å². The van der Waals surface area contributed by atoms with E-state index in [9.17, 15) is 9.90 Å². The Bertz CT molecular complexity index is 954. The number of benzene rings is 2. The molecule has 1 atom stereocenters. The van der Waals surface area contributed by atoms with Crippen molar-refractivity contribution in [1.82, 2.24) is 25.1 Å². The van der Waals surface area contributed by atoms with E-state index in [1.165, 1.54) is 22.6 Å². The first kappa shape index (κ1) is 17.2. The molecule has 1 amide bonds. The van der Waals surface area contributed by atoms with Crippen LogP contribution in [0.3, 0.4) is 0 Å². The van der Waals surface area contributed by atoms with Crippen molar-refractivity contribution in [2.45, 2.75) is 19.8 Å². The molecule has 27 heavy (non-hydrogen) atoms. The fourth-order valence-corrected chi connectivity index (χ4v) is 3.82. The summed E-state index contributed by atoms with van der Waals surface area (Å²) in [6, 6.07) is 15.1. The molecule has 138 valence electrons. The molecule has 0 radical (unpaired) electrons. The van der Waals surface area contributed by atoms with Crippen molar-refractivity contribution in [2.75, 3.05) is 13.1 Å². The van der Waals surface area contributed by atoms with Crippen molar-refractivity contribution in [3.63, 3.8) is 0 Å². The van der Waals surface area contributed by atoms with Crippen molar-refractivity contribution in [1.29, 1.82) is 0 Å². The summed E-state index contributed by atoms with van der Waals surface area (Å²) >= 11 is 0. The van der Waals surface area contributed by atoms with Crippen molar-refractivity contribution in [2.24, 2.45) is 5.41 Å². The Hall–Kier alpha value is -3.22. The predicted molar refractivity (Wildman–Crippen MR) is 99.7 cm³/mol. The van der Waals surface area contributed by atoms with Gasteiger partial charge in [0.25, 0.3) is 5.91 Å². The van der Waals surface area contributed by atoms with E-state index >= 15 is 0 Å². The van der Waals surface area contributed by atoms with E-state index < -0.39 is 0 Å². The number of carbonyl (C=O) groups excluding carboxylic acids is 1. The maximum Gasteiger partial charge on any atom is 0.257 e. The number of tetrazole rings is 1. The maximum absolute atomic E-state index is 13.0. The van der Waals surface area contributed by atoms with Crippen molar-refractivity contribution in [3.8, 4) is 11.4 Å². The molecule has 1 aliphatic rings. The molecule has 1 aromatic heterocycles. The van der Waals surface area contributed by atoms with Gasteiger partial charge in [-0.2, -0.15) is 0 Å². The lowest BCUT2D eigenvalue weighted by Crippen LogP contribution is -2.30. The summed E-state index contributed by atoms with van der Waals surface area (Å²) in [6.45, 7) is 5.63. The minimum absolute atomic E-state index is 0.0427. The largest absolute Gasteiger partial charge is 0.507 e. The summed E-state index contributed by atoms with van der Waals surface area (Å²) in [5, 5.41) is 21.4. The molecule has 2 heterocycles. The van der Waals surface area contributed by atoms with Gasteiger partial charge in [0.15, 0.2) is 0 Å². The van der Waals surface area contributed by atoms with Crippen LogP contribution in [-0.2, 0) is 0 Å². The second kappa shape index (κ2) is 6.50. The molecule has 1 aliphatic heterocycles. The molecule has 4 rings (SSSR count). The van der Waals surface area contributed by atoms with E-state index in [1.807, 2.05) is 23.1 Å². The van der Waals surface area contributed by atoms with Crippen molar-refractivity contribution in [3.05, 3.63) is 66.0 Å². The third kappa shape index (κ3) is 3.16. The molecule has 2 aromatic carbocycles. The average molecular weight is 363 g/mol. The number of hydrogen-bond donors (Lipinski definition) is 1. The summed E-state index contributed by atoms with van der Waals surface area (Å²) in [4.78, 5) is 14.9. The van der Waals surface area contributed by atoms with Gasteiger partial charge in [-0.1, -0.05) is 44.2 Å². The van der Waals surface area contributed by atoms with Gasteiger partial charge in [-0.05, 0) is 33.5 Å². The molecule has 0 saturated carbocycles. The lowest BCUT2D eigenvalue weighted by atomic mass is 9.78. The van der Waals surface area contributed by atoms with Crippen LogP contribution in [-0.4, -0.2) is 49.2 Å². The van der Waals surface area contributed by atoms with Gasteiger partial charge in [-0.25, -0.2) is 4.68 Å². The van der Waals surface area contributed by atoms with Gasteiger partial charge in [0.05, 0.1) is 11.3 Å². The van der Waals surface area contributed by atoms with Gasteiger partial charge in [-0.3, -0.25) is 4.79 Å². The fraction of sp³-hybridized carbons (Fsp3) is 0.300. The number of nitrogens with zero attached hydrogens (tertiary/aromatic N) is 5. The summed E-state index contributed by atoms with van der Waals surface area (Å²) in [6.07, 6.45) is 1.43. The first-order valence-electron chi connectivity index (χ1n) is 8.86. The van der Waals surface area contributed by atoms with E-state index in [0.29, 0.717) is 18.8 Å². The second-order valence-corrected chi connectivity index (χ2v) is 7.59. The summed E-state index contributed by atoms with van der Waals surface area (Å²) in [7, 11) is 0. The Balaban J connectivity index is 1.58. The zero-order chi connectivity index (χ0) is 19.0. The van der Waals surface area contributed by atoms with Crippen LogP contribution in [0, 0.1) is 5.41 Å². The number of carbonyl (C=O) groups is 1. The van der Waals surface area contributed by atoms with Gasteiger partial charge >= 0.3 is 0 Å². The highest BCUT2D eigenvalue weighted by atomic mass is 16.3. The normalized spacial score (nSPS) is 18.6. The Kier molecular flexibility index (Phi) is 4.14. The molecule has 0 aliphatic carbocycles. The van der Waals surface area contributed by atoms with Crippen LogP contribution < -0.4 is 0 Å². The van der Waals surface area contributed by atoms with Crippen LogP contribution in [0.5, 0.6) is 5.75 Å². The molecule has 1 saturated heterocycles. The molecule has 1 fully saturated rings. The van der Waals surface area contributed by atoms with E-state index in [-0.39, 0.29) is 28.6 Å². The fourth-order valence-electron chi connectivity index (χ4n) is 3.82. The number of phenolic OH excluding ortho intramolecular Hbond substituents is 1. The molecular weight excluding hydrogens is 342 g/mol. The number of hydrogen-bond acceptors (Lipinski definition) is 5. The topological polar surface area (TPSA) is 84.1 Å². The van der Waals surface area contributed by atoms with Crippen molar-refractivity contribution < 1.29 is 9.90 Å². The number of likely N-dealkylation sites (tertiary alicyclic amines) is 1.